The fraction of sp³-hybridized carbons (Fsp3) is 0.182. The highest BCUT2D eigenvalue weighted by molar-refractivity contribution is 7.99. The Morgan fingerprint density at radius 3 is 3.07 bits per heavy atom. The molecule has 3 heteroatoms. The van der Waals surface area contributed by atoms with Crippen LogP contribution >= 0.6 is 11.8 Å². The zero-order valence-electron chi connectivity index (χ0n) is 7.45. The summed E-state index contributed by atoms with van der Waals surface area (Å²) in [6.07, 6.45) is 0. The maximum atomic E-state index is 11.5. The predicted molar refractivity (Wildman–Crippen MR) is 55.0 cm³/mol. The van der Waals surface area contributed by atoms with E-state index in [1.807, 2.05) is 18.2 Å². The monoisotopic (exact) mass is 204 g/mol. The van der Waals surface area contributed by atoms with Crippen LogP contribution in [0.15, 0.2) is 34.7 Å². The molecule has 14 heavy (non-hydrogen) atoms. The first-order chi connectivity index (χ1) is 6.86. The smallest absolute Gasteiger partial charge is 0.339 e. The summed E-state index contributed by atoms with van der Waals surface area (Å²) >= 11 is 1.78. The molecule has 0 unspecified atom stereocenters. The molecule has 2 aliphatic heterocycles. The second-order valence-corrected chi connectivity index (χ2v) is 4.36. The van der Waals surface area contributed by atoms with Gasteiger partial charge in [-0.1, -0.05) is 18.2 Å². The second-order valence-electron chi connectivity index (χ2n) is 3.34. The minimum atomic E-state index is -0.159. The van der Waals surface area contributed by atoms with Gasteiger partial charge in [0.15, 0.2) is 0 Å². The van der Waals surface area contributed by atoms with Gasteiger partial charge >= 0.3 is 5.97 Å². The molecule has 0 aliphatic carbocycles. The molecule has 0 fully saturated rings. The number of carbonyl (C=O) groups is 1. The zero-order valence-corrected chi connectivity index (χ0v) is 8.26. The second kappa shape index (κ2) is 2.89. The minimum absolute atomic E-state index is 0.159. The van der Waals surface area contributed by atoms with Gasteiger partial charge < -0.3 is 4.74 Å². The third kappa shape index (κ3) is 1.02. The summed E-state index contributed by atoms with van der Waals surface area (Å²) in [5.41, 5.74) is 2.99. The van der Waals surface area contributed by atoms with E-state index in [4.69, 9.17) is 4.74 Å². The molecule has 0 saturated heterocycles. The topological polar surface area (TPSA) is 26.3 Å². The average Bonchev–Trinajstić information content (AvgIpc) is 2.61. The first-order valence-electron chi connectivity index (χ1n) is 4.47. The first kappa shape index (κ1) is 8.12. The SMILES string of the molecule is O=C1OCC2=C1c1ccccc1SC2. The van der Waals surface area contributed by atoms with Crippen LogP contribution < -0.4 is 0 Å². The highest BCUT2D eigenvalue weighted by Gasteiger charge is 2.30. The van der Waals surface area contributed by atoms with E-state index >= 15 is 0 Å². The van der Waals surface area contributed by atoms with E-state index in [1.54, 1.807) is 11.8 Å². The number of fused-ring (bicyclic) bond motifs is 2. The number of ether oxygens (including phenoxy) is 1. The van der Waals surface area contributed by atoms with E-state index < -0.39 is 0 Å². The molecule has 2 nitrogen and oxygen atoms in total. The Bertz CT molecular complexity index is 448. The van der Waals surface area contributed by atoms with Crippen molar-refractivity contribution in [3.63, 3.8) is 0 Å². The van der Waals surface area contributed by atoms with E-state index in [0.717, 1.165) is 22.5 Å². The zero-order chi connectivity index (χ0) is 9.54. The van der Waals surface area contributed by atoms with Crippen LogP contribution in [-0.2, 0) is 9.53 Å². The summed E-state index contributed by atoms with van der Waals surface area (Å²) in [6.45, 7) is 0.482. The molecule has 0 amide bonds. The normalized spacial score (nSPS) is 19.0. The summed E-state index contributed by atoms with van der Waals surface area (Å²) in [4.78, 5) is 12.7. The van der Waals surface area contributed by atoms with Crippen molar-refractivity contribution in [2.75, 3.05) is 12.4 Å². The van der Waals surface area contributed by atoms with Crippen LogP contribution in [-0.4, -0.2) is 18.3 Å². The van der Waals surface area contributed by atoms with Gasteiger partial charge in [-0.15, -0.1) is 11.8 Å². The number of thioether (sulfide) groups is 1. The summed E-state index contributed by atoms with van der Waals surface area (Å²) in [5, 5.41) is 0. The molecular weight excluding hydrogens is 196 g/mol. The number of carbonyl (C=O) groups excluding carboxylic acids is 1. The van der Waals surface area contributed by atoms with Crippen molar-refractivity contribution in [1.82, 2.24) is 0 Å². The van der Waals surface area contributed by atoms with Gasteiger partial charge in [-0.2, -0.15) is 0 Å². The number of hydrogen-bond acceptors (Lipinski definition) is 3. The van der Waals surface area contributed by atoms with Gasteiger partial charge in [0.25, 0.3) is 0 Å². The molecule has 0 spiro atoms. The lowest BCUT2D eigenvalue weighted by Gasteiger charge is -2.14. The van der Waals surface area contributed by atoms with Crippen molar-refractivity contribution in [1.29, 1.82) is 0 Å². The molecule has 2 aliphatic rings. The molecular formula is C11H8O2S. The standard InChI is InChI=1S/C11H8O2S/c12-11-10-7(5-13-11)6-14-9-4-2-1-3-8(9)10/h1-4H,5-6H2. The van der Waals surface area contributed by atoms with Crippen molar-refractivity contribution in [2.24, 2.45) is 0 Å². The number of cyclic esters (lactones) is 1. The summed E-state index contributed by atoms with van der Waals surface area (Å²) in [5.74, 6) is 0.728. The van der Waals surface area contributed by atoms with Crippen LogP contribution in [0.3, 0.4) is 0 Å². The molecule has 0 atom stereocenters. The number of rotatable bonds is 0. The Labute approximate surface area is 86.0 Å². The maximum absolute atomic E-state index is 11.5. The lowest BCUT2D eigenvalue weighted by atomic mass is 10.0. The molecule has 0 radical (unpaired) electrons. The maximum Gasteiger partial charge on any atom is 0.339 e. The molecule has 0 N–H and O–H groups in total. The van der Waals surface area contributed by atoms with Crippen molar-refractivity contribution in [3.05, 3.63) is 35.4 Å². The molecule has 0 saturated carbocycles. The highest BCUT2D eigenvalue weighted by Crippen LogP contribution is 2.40. The summed E-state index contributed by atoms with van der Waals surface area (Å²) in [6, 6.07) is 8.00. The van der Waals surface area contributed by atoms with Crippen molar-refractivity contribution < 1.29 is 9.53 Å². The minimum Gasteiger partial charge on any atom is -0.457 e. The van der Waals surface area contributed by atoms with Crippen molar-refractivity contribution >= 4 is 23.3 Å². The van der Waals surface area contributed by atoms with Crippen molar-refractivity contribution in [2.45, 2.75) is 4.90 Å². The van der Waals surface area contributed by atoms with E-state index in [9.17, 15) is 4.79 Å². The molecule has 70 valence electrons. The Kier molecular flexibility index (Phi) is 1.67. The molecule has 0 aromatic heterocycles. The van der Waals surface area contributed by atoms with Crippen LogP contribution in [0.1, 0.15) is 5.56 Å². The van der Waals surface area contributed by atoms with Crippen LogP contribution in [0.4, 0.5) is 0 Å². The predicted octanol–water partition coefficient (Wildman–Crippen LogP) is 2.10. The molecule has 1 aromatic rings. The van der Waals surface area contributed by atoms with E-state index in [2.05, 4.69) is 6.07 Å². The largest absolute Gasteiger partial charge is 0.457 e. The highest BCUT2D eigenvalue weighted by atomic mass is 32.2. The van der Waals surface area contributed by atoms with Crippen LogP contribution in [0.2, 0.25) is 0 Å². The van der Waals surface area contributed by atoms with Crippen LogP contribution in [0.5, 0.6) is 0 Å². The van der Waals surface area contributed by atoms with Gasteiger partial charge in [-0.05, 0) is 11.6 Å². The van der Waals surface area contributed by atoms with Gasteiger partial charge in [-0.25, -0.2) is 4.79 Å². The van der Waals surface area contributed by atoms with Gasteiger partial charge in [0, 0.05) is 16.2 Å². The van der Waals surface area contributed by atoms with Gasteiger partial charge in [0.1, 0.15) is 6.61 Å². The molecule has 2 heterocycles. The van der Waals surface area contributed by atoms with E-state index in [1.165, 1.54) is 4.90 Å². The van der Waals surface area contributed by atoms with Gasteiger partial charge in [-0.3, -0.25) is 0 Å². The van der Waals surface area contributed by atoms with Crippen LogP contribution in [0, 0.1) is 0 Å². The fourth-order valence-corrected chi connectivity index (χ4v) is 2.88. The Hall–Kier alpha value is -1.22. The first-order valence-corrected chi connectivity index (χ1v) is 5.46. The third-order valence-electron chi connectivity index (χ3n) is 2.49. The van der Waals surface area contributed by atoms with Crippen molar-refractivity contribution in [3.8, 4) is 0 Å². The molecule has 0 bridgehead atoms. The van der Waals surface area contributed by atoms with E-state index in [-0.39, 0.29) is 5.97 Å². The van der Waals surface area contributed by atoms with Gasteiger partial charge in [0.05, 0.1) is 5.57 Å². The molecule has 1 aromatic carbocycles. The Morgan fingerprint density at radius 2 is 2.14 bits per heavy atom. The Morgan fingerprint density at radius 1 is 1.29 bits per heavy atom. The lowest BCUT2D eigenvalue weighted by molar-refractivity contribution is -0.134. The quantitative estimate of drug-likeness (QED) is 0.605. The number of hydrogen-bond donors (Lipinski definition) is 0. The van der Waals surface area contributed by atoms with E-state index in [0.29, 0.717) is 6.61 Å². The Balaban J connectivity index is 2.23. The van der Waals surface area contributed by atoms with Crippen LogP contribution in [0.25, 0.3) is 5.57 Å². The number of benzene rings is 1. The summed E-state index contributed by atoms with van der Waals surface area (Å²) < 4.78 is 5.03. The molecule has 3 rings (SSSR count). The lowest BCUT2D eigenvalue weighted by Crippen LogP contribution is -2.03. The summed E-state index contributed by atoms with van der Waals surface area (Å²) in [7, 11) is 0. The number of esters is 1. The third-order valence-corrected chi connectivity index (χ3v) is 3.65. The fourth-order valence-electron chi connectivity index (χ4n) is 1.82. The van der Waals surface area contributed by atoms with Gasteiger partial charge in [0.2, 0.25) is 0 Å². The average molecular weight is 204 g/mol.